The molecule has 0 spiro atoms. The van der Waals surface area contributed by atoms with Crippen LogP contribution < -0.4 is 0 Å². The van der Waals surface area contributed by atoms with Gasteiger partial charge in [0.2, 0.25) is 43.0 Å². The van der Waals surface area contributed by atoms with Gasteiger partial charge in [-0.1, -0.05) is 72.3 Å². The zero-order valence-corrected chi connectivity index (χ0v) is 38.0. The van der Waals surface area contributed by atoms with E-state index in [2.05, 4.69) is 0 Å². The van der Waals surface area contributed by atoms with Crippen molar-refractivity contribution in [3.05, 3.63) is 304 Å². The first-order valence-electron chi connectivity index (χ1n) is 20.0. The number of nitro groups is 7. The predicted octanol–water partition coefficient (Wildman–Crippen LogP) is 12.2. The summed E-state index contributed by atoms with van der Waals surface area (Å²) >= 11 is 0. The number of nitro benzene ring substituents is 1. The van der Waals surface area contributed by atoms with E-state index >= 15 is 0 Å². The van der Waals surface area contributed by atoms with E-state index in [0.717, 1.165) is 47.7 Å². The minimum absolute atomic E-state index is 0.0387. The fourth-order valence-corrected chi connectivity index (χ4v) is 4.53. The van der Waals surface area contributed by atoms with Crippen molar-refractivity contribution in [1.29, 1.82) is 0 Å². The maximum Gasteiger partial charge on any atom is 0.269 e. The molecule has 75 heavy (non-hydrogen) atoms. The van der Waals surface area contributed by atoms with Gasteiger partial charge in [0, 0.05) is 42.5 Å². The van der Waals surface area contributed by atoms with Gasteiger partial charge in [-0.3, -0.25) is 70.8 Å². The highest BCUT2D eigenvalue weighted by molar-refractivity contribution is 5.52. The molecule has 0 amide bonds. The molecule has 1 heterocycles. The van der Waals surface area contributed by atoms with Crippen molar-refractivity contribution >= 4 is 42.1 Å². The van der Waals surface area contributed by atoms with Crippen molar-refractivity contribution < 1.29 is 65.2 Å². The number of non-ortho nitro benzene ring substituents is 1. The van der Waals surface area contributed by atoms with Crippen LogP contribution in [0, 0.1) is 113 Å². The Morgan fingerprint density at radius 3 is 1.07 bits per heavy atom. The van der Waals surface area contributed by atoms with Gasteiger partial charge in [0.15, 0.2) is 23.3 Å². The minimum atomic E-state index is -2.31. The number of aryl methyl sites for hydroxylation is 1. The van der Waals surface area contributed by atoms with Gasteiger partial charge >= 0.3 is 0 Å². The van der Waals surface area contributed by atoms with Gasteiger partial charge in [-0.15, -0.1) is 0 Å². The number of rotatable bonds is 13. The van der Waals surface area contributed by atoms with Crippen LogP contribution in [-0.2, 0) is 0 Å². The molecule has 1 aromatic heterocycles. The quantitative estimate of drug-likeness (QED) is 0.0341. The predicted molar refractivity (Wildman–Crippen MR) is 258 cm³/mol. The second kappa shape index (κ2) is 33.7. The fourth-order valence-electron chi connectivity index (χ4n) is 4.53. The molecule has 0 aliphatic rings. The standard InChI is InChI=1S/C9H9NO2.C8H2F5NO2.C8H6FNO2.C8H6N2O4.C8H7NO2.C6H5NO3/c1-8-2-4-9(5-3-8)6-7-10(11)12;9-4-3(1-2-14(15)16)5(10)7(12)8(13)6(4)11;9-8-3-1-7(2-4-8)5-6-10(11)12;11-9(12)6-5-7-1-3-8(4-2-7)10(13)14;10-9(11)7-6-8-4-2-1-3-5-8;8-7(9)4-3-6-2-1-5-10-6/h2-7H,1H3;1-2H;1-6H;1-6H;1-7H;1-5H/b7-6+;2-1+;2*6-5+;7-6+;4-3+. The van der Waals surface area contributed by atoms with Gasteiger partial charge in [0.1, 0.15) is 11.6 Å². The number of furan rings is 1. The maximum absolute atomic E-state index is 12.9. The molecule has 22 nitrogen and oxygen atoms in total. The lowest BCUT2D eigenvalue weighted by Crippen LogP contribution is -2.04. The Labute approximate surface area is 417 Å². The van der Waals surface area contributed by atoms with Crippen LogP contribution in [0.15, 0.2) is 163 Å². The van der Waals surface area contributed by atoms with E-state index < -0.39 is 69.1 Å². The Bertz CT molecular complexity index is 2950. The number of benzene rings is 5. The van der Waals surface area contributed by atoms with Gasteiger partial charge in [-0.05, 0) is 65.6 Å². The Morgan fingerprint density at radius 1 is 0.373 bits per heavy atom. The van der Waals surface area contributed by atoms with Gasteiger partial charge in [0.05, 0.1) is 52.4 Å². The summed E-state index contributed by atoms with van der Waals surface area (Å²) in [5.41, 5.74) is 2.59. The molecule has 0 saturated carbocycles. The monoisotopic (exact) mass is 1050 g/mol. The lowest BCUT2D eigenvalue weighted by Gasteiger charge is -2.02. The number of nitrogens with zero attached hydrogens (tertiary/aromatic N) is 7. The topological polar surface area (TPSA) is 315 Å². The van der Waals surface area contributed by atoms with Crippen molar-refractivity contribution in [2.75, 3.05) is 0 Å². The first-order valence-corrected chi connectivity index (χ1v) is 20.0. The Hall–Kier alpha value is -10.8. The van der Waals surface area contributed by atoms with Crippen molar-refractivity contribution in [1.82, 2.24) is 0 Å². The SMILES string of the molecule is Cc1ccc(/C=C/[N+](=O)[O-])cc1.O=[N+]([O-])/C=C/c1c(F)c(F)c(F)c(F)c1F.O=[N+]([O-])/C=C/c1ccc(F)cc1.O=[N+]([O-])/C=C/c1ccc([N+](=O)[O-])cc1.O=[N+]([O-])/C=C/c1ccccc1.O=[N+]([O-])/C=C/c1ccco1. The van der Waals surface area contributed by atoms with Crippen molar-refractivity contribution in [3.63, 3.8) is 0 Å². The zero-order chi connectivity index (χ0) is 56.5. The molecule has 0 unspecified atom stereocenters. The molecule has 0 radical (unpaired) electrons. The van der Waals surface area contributed by atoms with E-state index in [1.54, 1.807) is 24.3 Å². The molecule has 5 aromatic carbocycles. The molecule has 0 saturated heterocycles. The summed E-state index contributed by atoms with van der Waals surface area (Å²) in [6, 6.07) is 30.9. The van der Waals surface area contributed by atoms with Gasteiger partial charge in [-0.2, -0.15) is 0 Å². The second-order valence-corrected chi connectivity index (χ2v) is 13.3. The molecular weight excluding hydrogens is 1020 g/mol. The molecular formula is C47H35F6N7O15. The Kier molecular flexibility index (Phi) is 27.9. The molecule has 6 rings (SSSR count). The Balaban J connectivity index is 0.000000453. The van der Waals surface area contributed by atoms with E-state index in [4.69, 9.17) is 4.42 Å². The summed E-state index contributed by atoms with van der Waals surface area (Å²) in [4.78, 5) is 65.3. The summed E-state index contributed by atoms with van der Waals surface area (Å²) in [7, 11) is 0. The van der Waals surface area contributed by atoms with Crippen LogP contribution in [0.2, 0.25) is 0 Å². The normalized spacial score (nSPS) is 10.5. The lowest BCUT2D eigenvalue weighted by molar-refractivity contribution is -0.401. The summed E-state index contributed by atoms with van der Waals surface area (Å²) in [6.07, 6.45) is 12.8. The van der Waals surface area contributed by atoms with E-state index in [1.807, 2.05) is 49.4 Å². The molecule has 0 aliphatic heterocycles. The zero-order valence-electron chi connectivity index (χ0n) is 38.0. The summed E-state index contributed by atoms with van der Waals surface area (Å²) < 4.78 is 80.5. The molecule has 390 valence electrons. The summed E-state index contributed by atoms with van der Waals surface area (Å²) in [6.45, 7) is 1.97. The van der Waals surface area contributed by atoms with Gasteiger partial charge in [0.25, 0.3) is 5.69 Å². The summed E-state index contributed by atoms with van der Waals surface area (Å²) in [5.74, 6) is -10.7. The van der Waals surface area contributed by atoms with Gasteiger partial charge < -0.3 is 4.42 Å². The Morgan fingerprint density at radius 2 is 0.707 bits per heavy atom. The van der Waals surface area contributed by atoms with Crippen LogP contribution in [-0.4, -0.2) is 34.5 Å². The molecule has 28 heteroatoms. The van der Waals surface area contributed by atoms with Crippen LogP contribution in [0.25, 0.3) is 36.5 Å². The van der Waals surface area contributed by atoms with E-state index in [0.29, 0.717) is 16.9 Å². The fraction of sp³-hybridized carbons (Fsp3) is 0.0213. The molecule has 0 fully saturated rings. The molecule has 0 atom stereocenters. The van der Waals surface area contributed by atoms with Crippen LogP contribution in [0.4, 0.5) is 32.0 Å². The highest BCUT2D eigenvalue weighted by atomic mass is 19.2. The molecule has 6 aromatic rings. The highest BCUT2D eigenvalue weighted by Crippen LogP contribution is 2.24. The minimum Gasteiger partial charge on any atom is -0.465 e. The maximum atomic E-state index is 12.9. The smallest absolute Gasteiger partial charge is 0.269 e. The third-order valence-electron chi connectivity index (χ3n) is 7.92. The summed E-state index contributed by atoms with van der Waals surface area (Å²) in [5, 5.41) is 69.6. The number of halogens is 6. The highest BCUT2D eigenvalue weighted by Gasteiger charge is 2.24. The molecule has 0 aliphatic carbocycles. The van der Waals surface area contributed by atoms with Crippen LogP contribution in [0.5, 0.6) is 0 Å². The number of hydrogen-bond donors (Lipinski definition) is 0. The van der Waals surface area contributed by atoms with Crippen molar-refractivity contribution in [3.8, 4) is 0 Å². The number of hydrogen-bond acceptors (Lipinski definition) is 15. The lowest BCUT2D eigenvalue weighted by atomic mass is 10.1. The average molecular weight is 1050 g/mol. The van der Waals surface area contributed by atoms with Crippen LogP contribution in [0.3, 0.4) is 0 Å². The largest absolute Gasteiger partial charge is 0.465 e. The van der Waals surface area contributed by atoms with Crippen molar-refractivity contribution in [2.45, 2.75) is 6.92 Å². The average Bonchev–Trinajstić information content (AvgIpc) is 3.91. The third-order valence-corrected chi connectivity index (χ3v) is 7.92. The second-order valence-electron chi connectivity index (χ2n) is 13.3. The van der Waals surface area contributed by atoms with E-state index in [-0.39, 0.29) is 23.8 Å². The van der Waals surface area contributed by atoms with Crippen LogP contribution >= 0.6 is 0 Å². The van der Waals surface area contributed by atoms with E-state index in [9.17, 15) is 97.1 Å². The molecule has 0 N–H and O–H groups in total. The van der Waals surface area contributed by atoms with Crippen molar-refractivity contribution in [2.24, 2.45) is 0 Å². The van der Waals surface area contributed by atoms with Gasteiger partial charge in [-0.25, -0.2) is 26.3 Å². The van der Waals surface area contributed by atoms with Crippen LogP contribution in [0.1, 0.15) is 39.1 Å². The first kappa shape index (κ1) is 62.2. The van der Waals surface area contributed by atoms with E-state index in [1.165, 1.54) is 85.2 Å². The first-order chi connectivity index (χ1) is 35.4. The third kappa shape index (κ3) is 27.8. The molecule has 0 bridgehead atoms.